The van der Waals surface area contributed by atoms with Crippen LogP contribution in [0.15, 0.2) is 59.7 Å². The van der Waals surface area contributed by atoms with Gasteiger partial charge in [0.05, 0.1) is 33.9 Å². The Labute approximate surface area is 216 Å². The van der Waals surface area contributed by atoms with Gasteiger partial charge in [0, 0.05) is 25.4 Å². The smallest absolute Gasteiger partial charge is 0.416 e. The van der Waals surface area contributed by atoms with E-state index in [0.29, 0.717) is 28.5 Å². The SMILES string of the molecule is Cn1c(Nc2ccc(C(F)(F)F)cc2Cl)nc2cc(Oc3ccnc(C4=NCC(C(F)(F)F)N4)c3)ccc21. The van der Waals surface area contributed by atoms with Crippen LogP contribution in [0.1, 0.15) is 11.3 Å². The molecule has 198 valence electrons. The number of ether oxygens (including phenoxy) is 1. The number of imidazole rings is 1. The number of aromatic nitrogens is 3. The first-order valence-corrected chi connectivity index (χ1v) is 11.4. The highest BCUT2D eigenvalue weighted by Gasteiger charge is 2.42. The maximum Gasteiger partial charge on any atom is 0.416 e. The van der Waals surface area contributed by atoms with Crippen molar-refractivity contribution < 1.29 is 31.1 Å². The molecule has 3 heterocycles. The summed E-state index contributed by atoms with van der Waals surface area (Å²) in [4.78, 5) is 12.4. The van der Waals surface area contributed by atoms with Gasteiger partial charge in [-0.2, -0.15) is 26.3 Å². The minimum atomic E-state index is -4.52. The van der Waals surface area contributed by atoms with E-state index in [-0.39, 0.29) is 22.2 Å². The van der Waals surface area contributed by atoms with Crippen molar-refractivity contribution in [2.75, 3.05) is 11.9 Å². The number of nitrogens with zero attached hydrogens (tertiary/aromatic N) is 4. The zero-order valence-electron chi connectivity index (χ0n) is 19.3. The van der Waals surface area contributed by atoms with Gasteiger partial charge < -0.3 is 19.9 Å². The van der Waals surface area contributed by atoms with E-state index in [1.54, 1.807) is 35.9 Å². The van der Waals surface area contributed by atoms with Gasteiger partial charge in [-0.05, 0) is 36.4 Å². The number of hydrogen-bond acceptors (Lipinski definition) is 6. The largest absolute Gasteiger partial charge is 0.457 e. The first-order chi connectivity index (χ1) is 17.9. The van der Waals surface area contributed by atoms with Crippen molar-refractivity contribution in [3.63, 3.8) is 0 Å². The summed E-state index contributed by atoms with van der Waals surface area (Å²) in [7, 11) is 1.72. The Bertz CT molecular complexity index is 1550. The van der Waals surface area contributed by atoms with Crippen molar-refractivity contribution in [1.29, 1.82) is 0 Å². The second-order valence-corrected chi connectivity index (χ2v) is 8.78. The van der Waals surface area contributed by atoms with Gasteiger partial charge in [-0.3, -0.25) is 9.98 Å². The van der Waals surface area contributed by atoms with E-state index in [1.165, 1.54) is 18.3 Å². The number of fused-ring (bicyclic) bond motifs is 1. The second kappa shape index (κ2) is 9.39. The maximum atomic E-state index is 12.9. The molecule has 0 spiro atoms. The summed E-state index contributed by atoms with van der Waals surface area (Å²) >= 11 is 6.05. The molecule has 1 aliphatic heterocycles. The van der Waals surface area contributed by atoms with Crippen LogP contribution >= 0.6 is 11.6 Å². The highest BCUT2D eigenvalue weighted by Crippen LogP contribution is 2.35. The van der Waals surface area contributed by atoms with Crippen LogP contribution in [0, 0.1) is 0 Å². The van der Waals surface area contributed by atoms with Crippen LogP contribution in [0.25, 0.3) is 11.0 Å². The van der Waals surface area contributed by atoms with Gasteiger partial charge in [-0.25, -0.2) is 4.98 Å². The molecule has 0 bridgehead atoms. The number of rotatable bonds is 5. The molecule has 38 heavy (non-hydrogen) atoms. The topological polar surface area (TPSA) is 76.4 Å². The molecule has 1 atom stereocenters. The number of pyridine rings is 1. The van der Waals surface area contributed by atoms with Crippen molar-refractivity contribution in [2.45, 2.75) is 18.4 Å². The van der Waals surface area contributed by atoms with Gasteiger partial charge in [0.2, 0.25) is 5.95 Å². The quantitative estimate of drug-likeness (QED) is 0.277. The second-order valence-electron chi connectivity index (χ2n) is 8.37. The van der Waals surface area contributed by atoms with E-state index in [0.717, 1.165) is 12.1 Å². The van der Waals surface area contributed by atoms with E-state index >= 15 is 0 Å². The fourth-order valence-electron chi connectivity index (χ4n) is 3.79. The lowest BCUT2D eigenvalue weighted by Gasteiger charge is -2.15. The third kappa shape index (κ3) is 5.19. The first kappa shape index (κ1) is 25.6. The summed E-state index contributed by atoms with van der Waals surface area (Å²) in [5.41, 5.74) is 0.791. The third-order valence-electron chi connectivity index (χ3n) is 5.74. The van der Waals surface area contributed by atoms with E-state index in [1.807, 2.05) is 0 Å². The number of anilines is 2. The predicted molar refractivity (Wildman–Crippen MR) is 129 cm³/mol. The molecule has 2 aromatic carbocycles. The van der Waals surface area contributed by atoms with Crippen molar-refractivity contribution in [1.82, 2.24) is 19.9 Å². The first-order valence-electron chi connectivity index (χ1n) is 11.0. The molecule has 4 aromatic rings. The van der Waals surface area contributed by atoms with Crippen LogP contribution in [0.2, 0.25) is 5.02 Å². The fraction of sp³-hybridized carbons (Fsp3) is 0.208. The summed E-state index contributed by atoms with van der Waals surface area (Å²) in [6, 6.07) is 9.25. The Morgan fingerprint density at radius 3 is 2.47 bits per heavy atom. The molecule has 0 saturated carbocycles. The standard InChI is InChI=1S/C24H17ClF6N6O/c1-37-19-5-3-13(38-14-6-7-32-18(10-14)21-33-11-20(36-21)24(29,30)31)9-17(19)35-22(37)34-16-4-2-12(8-15(16)25)23(26,27)28/h2-10,20H,11H2,1H3,(H,33,36)(H,34,35). The highest BCUT2D eigenvalue weighted by atomic mass is 35.5. The van der Waals surface area contributed by atoms with E-state index in [9.17, 15) is 26.3 Å². The van der Waals surface area contributed by atoms with Crippen LogP contribution in [-0.4, -0.2) is 39.1 Å². The molecule has 0 amide bonds. The lowest BCUT2D eigenvalue weighted by molar-refractivity contribution is -0.147. The zero-order valence-corrected chi connectivity index (χ0v) is 20.1. The van der Waals surface area contributed by atoms with Crippen LogP contribution in [0.3, 0.4) is 0 Å². The van der Waals surface area contributed by atoms with Gasteiger partial charge in [0.15, 0.2) is 0 Å². The van der Waals surface area contributed by atoms with E-state index in [4.69, 9.17) is 16.3 Å². The summed E-state index contributed by atoms with van der Waals surface area (Å²) in [6.07, 6.45) is -7.55. The number of amidine groups is 1. The molecule has 1 unspecified atom stereocenters. The molecule has 2 N–H and O–H groups in total. The minimum absolute atomic E-state index is 0.0237. The number of aliphatic imine (C=N–C) groups is 1. The van der Waals surface area contributed by atoms with E-state index < -0.39 is 30.5 Å². The van der Waals surface area contributed by atoms with Crippen LogP contribution < -0.4 is 15.4 Å². The number of aryl methyl sites for hydroxylation is 1. The number of alkyl halides is 6. The number of hydrogen-bond donors (Lipinski definition) is 2. The van der Waals surface area contributed by atoms with Gasteiger partial charge in [-0.15, -0.1) is 0 Å². The summed E-state index contributed by atoms with van der Waals surface area (Å²) in [5, 5.41) is 5.14. The van der Waals surface area contributed by atoms with Gasteiger partial charge in [-0.1, -0.05) is 11.6 Å². The lowest BCUT2D eigenvalue weighted by atomic mass is 10.2. The van der Waals surface area contributed by atoms with Crippen LogP contribution in [-0.2, 0) is 13.2 Å². The van der Waals surface area contributed by atoms with Crippen molar-refractivity contribution in [3.05, 3.63) is 71.0 Å². The minimum Gasteiger partial charge on any atom is -0.457 e. The van der Waals surface area contributed by atoms with Crippen LogP contribution in [0.5, 0.6) is 11.5 Å². The molecule has 0 fully saturated rings. The molecule has 2 aromatic heterocycles. The molecule has 14 heteroatoms. The van der Waals surface area contributed by atoms with E-state index in [2.05, 4.69) is 25.6 Å². The van der Waals surface area contributed by atoms with Crippen LogP contribution in [0.4, 0.5) is 38.0 Å². The molecule has 0 aliphatic carbocycles. The summed E-state index contributed by atoms with van der Waals surface area (Å²) in [6.45, 7) is -0.435. The molecule has 0 saturated heterocycles. The average Bonchev–Trinajstić information content (AvgIpc) is 3.46. The molecule has 1 aliphatic rings. The Morgan fingerprint density at radius 1 is 1.03 bits per heavy atom. The number of benzene rings is 2. The normalized spacial score (nSPS) is 15.9. The zero-order chi connectivity index (χ0) is 27.2. The molecule has 7 nitrogen and oxygen atoms in total. The lowest BCUT2D eigenvalue weighted by Crippen LogP contribution is -2.42. The van der Waals surface area contributed by atoms with Crippen molar-refractivity contribution >= 4 is 40.1 Å². The van der Waals surface area contributed by atoms with Gasteiger partial charge >= 0.3 is 12.4 Å². The average molecular weight is 555 g/mol. The van der Waals surface area contributed by atoms with Gasteiger partial charge in [0.25, 0.3) is 0 Å². The highest BCUT2D eigenvalue weighted by molar-refractivity contribution is 6.33. The number of nitrogens with one attached hydrogen (secondary N) is 2. The maximum absolute atomic E-state index is 12.9. The Balaban J connectivity index is 1.34. The molecule has 0 radical (unpaired) electrons. The molecule has 5 rings (SSSR count). The Kier molecular flexibility index (Phi) is 6.33. The summed E-state index contributed by atoms with van der Waals surface area (Å²) in [5.74, 6) is 1.06. The monoisotopic (exact) mass is 554 g/mol. The third-order valence-corrected chi connectivity index (χ3v) is 6.06. The fourth-order valence-corrected chi connectivity index (χ4v) is 4.02. The predicted octanol–water partition coefficient (Wildman–Crippen LogP) is 6.46. The Morgan fingerprint density at radius 2 is 1.79 bits per heavy atom. The van der Waals surface area contributed by atoms with Crippen molar-refractivity contribution in [3.8, 4) is 11.5 Å². The molecular weight excluding hydrogens is 538 g/mol. The summed E-state index contributed by atoms with van der Waals surface area (Å²) < 4.78 is 85.1. The number of halogens is 7. The molecular formula is C24H17ClF6N6O. The van der Waals surface area contributed by atoms with Crippen molar-refractivity contribution in [2.24, 2.45) is 12.0 Å². The Hall–Kier alpha value is -4.00. The van der Waals surface area contributed by atoms with Gasteiger partial charge in [0.1, 0.15) is 29.1 Å².